The zero-order valence-corrected chi connectivity index (χ0v) is 19.1. The van der Waals surface area contributed by atoms with Crippen molar-refractivity contribution in [2.45, 2.75) is 33.6 Å². The number of aryl methyl sites for hydroxylation is 2. The van der Waals surface area contributed by atoms with Crippen LogP contribution in [0.2, 0.25) is 5.02 Å². The number of halogens is 1. The third-order valence-electron chi connectivity index (χ3n) is 5.91. The standard InChI is InChI=1S/C24H27ClN4O2/c1-14-7-9-29(10-8-14)24(30)18-13-26-23-17(6-5-16(3)27-23)22(18)28-20-11-15(2)19(25)12-21(20)31-4/h5-6,11-14H,7-10H2,1-4H3,(H,26,27,28). The topological polar surface area (TPSA) is 67.3 Å². The summed E-state index contributed by atoms with van der Waals surface area (Å²) in [4.78, 5) is 24.4. The molecule has 1 aliphatic rings. The molecule has 1 fully saturated rings. The fourth-order valence-electron chi connectivity index (χ4n) is 3.92. The Kier molecular flexibility index (Phi) is 6.01. The Labute approximate surface area is 187 Å². The van der Waals surface area contributed by atoms with E-state index in [1.807, 2.05) is 36.9 Å². The van der Waals surface area contributed by atoms with Gasteiger partial charge in [-0.1, -0.05) is 18.5 Å². The first-order valence-corrected chi connectivity index (χ1v) is 10.9. The van der Waals surface area contributed by atoms with Crippen LogP contribution in [0.1, 0.15) is 41.4 Å². The fourth-order valence-corrected chi connectivity index (χ4v) is 4.07. The smallest absolute Gasteiger partial charge is 0.257 e. The summed E-state index contributed by atoms with van der Waals surface area (Å²) >= 11 is 6.29. The van der Waals surface area contributed by atoms with Crippen LogP contribution < -0.4 is 10.1 Å². The average Bonchev–Trinajstić information content (AvgIpc) is 2.76. The van der Waals surface area contributed by atoms with Crippen molar-refractivity contribution in [1.82, 2.24) is 14.9 Å². The Morgan fingerprint density at radius 1 is 1.23 bits per heavy atom. The van der Waals surface area contributed by atoms with E-state index in [-0.39, 0.29) is 5.91 Å². The van der Waals surface area contributed by atoms with Crippen molar-refractivity contribution in [3.05, 3.63) is 52.3 Å². The van der Waals surface area contributed by atoms with Crippen molar-refractivity contribution in [2.75, 3.05) is 25.5 Å². The second-order valence-electron chi connectivity index (χ2n) is 8.27. The number of nitrogens with one attached hydrogen (secondary N) is 1. The quantitative estimate of drug-likeness (QED) is 0.580. The lowest BCUT2D eigenvalue weighted by Gasteiger charge is -2.31. The molecule has 6 nitrogen and oxygen atoms in total. The van der Waals surface area contributed by atoms with E-state index in [1.54, 1.807) is 19.4 Å². The van der Waals surface area contributed by atoms with Crippen LogP contribution in [0.4, 0.5) is 11.4 Å². The van der Waals surface area contributed by atoms with E-state index >= 15 is 0 Å². The molecule has 162 valence electrons. The molecule has 1 aliphatic heterocycles. The molecule has 0 spiro atoms. The summed E-state index contributed by atoms with van der Waals surface area (Å²) in [6.45, 7) is 7.60. The van der Waals surface area contributed by atoms with Gasteiger partial charge < -0.3 is 15.0 Å². The maximum absolute atomic E-state index is 13.5. The van der Waals surface area contributed by atoms with Crippen LogP contribution in [0.25, 0.3) is 11.0 Å². The van der Waals surface area contributed by atoms with Crippen LogP contribution in [-0.2, 0) is 0 Å². The molecule has 2 aromatic heterocycles. The van der Waals surface area contributed by atoms with E-state index in [2.05, 4.69) is 22.2 Å². The number of methoxy groups -OCH3 is 1. The minimum atomic E-state index is -0.0194. The van der Waals surface area contributed by atoms with Gasteiger partial charge in [0, 0.05) is 41.5 Å². The number of rotatable bonds is 4. The third-order valence-corrected chi connectivity index (χ3v) is 6.32. The molecule has 1 aromatic carbocycles. The van der Waals surface area contributed by atoms with E-state index in [4.69, 9.17) is 16.3 Å². The van der Waals surface area contributed by atoms with Gasteiger partial charge in [0.05, 0.1) is 24.0 Å². The molecule has 1 saturated heterocycles. The zero-order chi connectivity index (χ0) is 22.1. The Hall–Kier alpha value is -2.86. The first kappa shape index (κ1) is 21.4. The van der Waals surface area contributed by atoms with Crippen molar-refractivity contribution in [3.63, 3.8) is 0 Å². The number of hydrogen-bond acceptors (Lipinski definition) is 5. The molecule has 1 N–H and O–H groups in total. The molecule has 3 heterocycles. The number of aromatic nitrogens is 2. The third kappa shape index (κ3) is 4.30. The van der Waals surface area contributed by atoms with E-state index < -0.39 is 0 Å². The van der Waals surface area contributed by atoms with Crippen molar-refractivity contribution in [2.24, 2.45) is 5.92 Å². The van der Waals surface area contributed by atoms with Crippen LogP contribution in [-0.4, -0.2) is 41.0 Å². The number of nitrogens with zero attached hydrogens (tertiary/aromatic N) is 3. The Morgan fingerprint density at radius 3 is 2.68 bits per heavy atom. The van der Waals surface area contributed by atoms with Crippen molar-refractivity contribution < 1.29 is 9.53 Å². The summed E-state index contributed by atoms with van der Waals surface area (Å²) in [6.07, 6.45) is 3.66. The van der Waals surface area contributed by atoms with Gasteiger partial charge in [-0.25, -0.2) is 9.97 Å². The number of likely N-dealkylation sites (tertiary alicyclic amines) is 1. The molecule has 0 aliphatic carbocycles. The summed E-state index contributed by atoms with van der Waals surface area (Å²) in [5.41, 5.74) is 4.32. The maximum Gasteiger partial charge on any atom is 0.257 e. The van der Waals surface area contributed by atoms with Crippen molar-refractivity contribution in [3.8, 4) is 5.75 Å². The SMILES string of the molecule is COc1cc(Cl)c(C)cc1Nc1c(C(=O)N2CCC(C)CC2)cnc2nc(C)ccc12. The largest absolute Gasteiger partial charge is 0.495 e. The number of piperidine rings is 1. The molecule has 31 heavy (non-hydrogen) atoms. The molecular weight excluding hydrogens is 412 g/mol. The molecule has 0 saturated carbocycles. The van der Waals surface area contributed by atoms with Crippen LogP contribution in [0, 0.1) is 19.8 Å². The number of carbonyl (C=O) groups is 1. The first-order chi connectivity index (χ1) is 14.9. The summed E-state index contributed by atoms with van der Waals surface area (Å²) < 4.78 is 5.54. The molecule has 0 bridgehead atoms. The van der Waals surface area contributed by atoms with Gasteiger partial charge in [0.2, 0.25) is 0 Å². The van der Waals surface area contributed by atoms with Crippen LogP contribution in [0.15, 0.2) is 30.5 Å². The highest BCUT2D eigenvalue weighted by Crippen LogP contribution is 2.36. The average molecular weight is 439 g/mol. The highest BCUT2D eigenvalue weighted by atomic mass is 35.5. The van der Waals surface area contributed by atoms with Crippen LogP contribution in [0.5, 0.6) is 5.75 Å². The Morgan fingerprint density at radius 2 is 1.97 bits per heavy atom. The summed E-state index contributed by atoms with van der Waals surface area (Å²) in [5.74, 6) is 1.23. The van der Waals surface area contributed by atoms with Crippen LogP contribution >= 0.6 is 11.6 Å². The van der Waals surface area contributed by atoms with Gasteiger partial charge in [0.25, 0.3) is 5.91 Å². The number of hydrogen-bond donors (Lipinski definition) is 1. The number of benzene rings is 1. The molecule has 4 rings (SSSR count). The molecule has 0 atom stereocenters. The molecule has 1 amide bonds. The summed E-state index contributed by atoms with van der Waals surface area (Å²) in [7, 11) is 1.60. The molecule has 0 unspecified atom stereocenters. The number of anilines is 2. The lowest BCUT2D eigenvalue weighted by molar-refractivity contribution is 0.0698. The van der Waals surface area contributed by atoms with Gasteiger partial charge in [-0.2, -0.15) is 0 Å². The van der Waals surface area contributed by atoms with Gasteiger partial charge in [-0.05, 0) is 56.4 Å². The van der Waals surface area contributed by atoms with E-state index in [1.165, 1.54) is 0 Å². The van der Waals surface area contributed by atoms with E-state index in [0.717, 1.165) is 48.3 Å². The molecule has 3 aromatic rings. The number of amides is 1. The number of pyridine rings is 2. The lowest BCUT2D eigenvalue weighted by Crippen LogP contribution is -2.38. The second-order valence-corrected chi connectivity index (χ2v) is 8.68. The second kappa shape index (κ2) is 8.71. The van der Waals surface area contributed by atoms with Gasteiger partial charge in [0.1, 0.15) is 5.75 Å². The van der Waals surface area contributed by atoms with Gasteiger partial charge in [-0.3, -0.25) is 4.79 Å². The van der Waals surface area contributed by atoms with Gasteiger partial charge >= 0.3 is 0 Å². The predicted molar refractivity (Wildman–Crippen MR) is 125 cm³/mol. The maximum atomic E-state index is 13.5. The van der Waals surface area contributed by atoms with Gasteiger partial charge in [-0.15, -0.1) is 0 Å². The molecular formula is C24H27ClN4O2. The Bertz CT molecular complexity index is 1140. The summed E-state index contributed by atoms with van der Waals surface area (Å²) in [5, 5.41) is 4.85. The van der Waals surface area contributed by atoms with E-state index in [9.17, 15) is 4.79 Å². The number of fused-ring (bicyclic) bond motifs is 1. The van der Waals surface area contributed by atoms with Crippen molar-refractivity contribution >= 4 is 39.9 Å². The number of carbonyl (C=O) groups excluding carboxylic acids is 1. The van der Waals surface area contributed by atoms with Crippen molar-refractivity contribution in [1.29, 1.82) is 0 Å². The van der Waals surface area contributed by atoms with Gasteiger partial charge in [0.15, 0.2) is 5.65 Å². The monoisotopic (exact) mass is 438 g/mol. The zero-order valence-electron chi connectivity index (χ0n) is 18.3. The molecule has 0 radical (unpaired) electrons. The fraction of sp³-hybridized carbons (Fsp3) is 0.375. The van der Waals surface area contributed by atoms with Crippen LogP contribution in [0.3, 0.4) is 0 Å². The number of ether oxygens (including phenoxy) is 1. The van der Waals surface area contributed by atoms with E-state index in [0.29, 0.717) is 33.6 Å². The predicted octanol–water partition coefficient (Wildman–Crippen LogP) is 5.52. The minimum absolute atomic E-state index is 0.0194. The highest BCUT2D eigenvalue weighted by Gasteiger charge is 2.25. The lowest BCUT2D eigenvalue weighted by atomic mass is 9.98. The minimum Gasteiger partial charge on any atom is -0.495 e. The highest BCUT2D eigenvalue weighted by molar-refractivity contribution is 6.31. The Balaban J connectivity index is 1.83. The normalized spacial score (nSPS) is 14.7. The molecule has 7 heteroatoms. The first-order valence-electron chi connectivity index (χ1n) is 10.5. The summed E-state index contributed by atoms with van der Waals surface area (Å²) in [6, 6.07) is 7.58.